The lowest BCUT2D eigenvalue weighted by molar-refractivity contribution is -0.142. The summed E-state index contributed by atoms with van der Waals surface area (Å²) in [6, 6.07) is 11.1. The van der Waals surface area contributed by atoms with Gasteiger partial charge in [0.2, 0.25) is 0 Å². The van der Waals surface area contributed by atoms with Crippen molar-refractivity contribution in [2.45, 2.75) is 12.5 Å². The summed E-state index contributed by atoms with van der Waals surface area (Å²) in [4.78, 5) is 24.0. The van der Waals surface area contributed by atoms with Crippen LogP contribution in [0.3, 0.4) is 0 Å². The molecule has 0 heterocycles. The first-order chi connectivity index (χ1) is 11.0. The summed E-state index contributed by atoms with van der Waals surface area (Å²) < 4.78 is 17.6. The van der Waals surface area contributed by atoms with Gasteiger partial charge in [-0.1, -0.05) is 23.7 Å². The number of benzene rings is 2. The molecule has 0 aromatic heterocycles. The minimum Gasteiger partial charge on any atom is -0.467 e. The highest BCUT2D eigenvalue weighted by Gasteiger charge is 2.22. The zero-order valence-electron chi connectivity index (χ0n) is 12.4. The van der Waals surface area contributed by atoms with Gasteiger partial charge in [-0.2, -0.15) is 0 Å². The number of halogens is 2. The van der Waals surface area contributed by atoms with Crippen molar-refractivity contribution in [2.75, 3.05) is 7.11 Å². The van der Waals surface area contributed by atoms with Gasteiger partial charge in [0.15, 0.2) is 0 Å². The molecule has 0 saturated heterocycles. The van der Waals surface area contributed by atoms with Crippen LogP contribution in [-0.2, 0) is 16.0 Å². The van der Waals surface area contributed by atoms with Crippen molar-refractivity contribution >= 4 is 23.5 Å². The molecule has 1 atom stereocenters. The van der Waals surface area contributed by atoms with Gasteiger partial charge in [0.25, 0.3) is 5.91 Å². The number of esters is 1. The first kappa shape index (κ1) is 17.0. The van der Waals surface area contributed by atoms with Crippen molar-refractivity contribution in [3.63, 3.8) is 0 Å². The SMILES string of the molecule is COC(=O)[C@@H](Cc1ccc(Cl)cc1)NC(=O)c1ccc(F)cc1. The molecule has 6 heteroatoms. The van der Waals surface area contributed by atoms with E-state index in [-0.39, 0.29) is 12.0 Å². The van der Waals surface area contributed by atoms with Gasteiger partial charge in [-0.25, -0.2) is 9.18 Å². The molecule has 2 aromatic rings. The monoisotopic (exact) mass is 335 g/mol. The Morgan fingerprint density at radius 1 is 1.13 bits per heavy atom. The molecule has 1 N–H and O–H groups in total. The molecule has 4 nitrogen and oxygen atoms in total. The molecule has 0 spiro atoms. The van der Waals surface area contributed by atoms with Crippen LogP contribution in [-0.4, -0.2) is 25.0 Å². The molecular formula is C17H15ClFNO3. The van der Waals surface area contributed by atoms with E-state index in [0.29, 0.717) is 5.02 Å². The summed E-state index contributed by atoms with van der Waals surface area (Å²) >= 11 is 5.82. The van der Waals surface area contributed by atoms with Crippen molar-refractivity contribution in [1.29, 1.82) is 0 Å². The summed E-state index contributed by atoms with van der Waals surface area (Å²) in [6.07, 6.45) is 0.261. The number of carbonyl (C=O) groups is 2. The quantitative estimate of drug-likeness (QED) is 0.855. The Balaban J connectivity index is 2.12. The first-order valence-corrected chi connectivity index (χ1v) is 7.26. The Labute approximate surface area is 138 Å². The fraction of sp³-hybridized carbons (Fsp3) is 0.176. The molecule has 0 aliphatic heterocycles. The predicted octanol–water partition coefficient (Wildman–Crippen LogP) is 2.99. The topological polar surface area (TPSA) is 55.4 Å². The zero-order chi connectivity index (χ0) is 16.8. The maximum Gasteiger partial charge on any atom is 0.328 e. The molecule has 0 radical (unpaired) electrons. The normalized spacial score (nSPS) is 11.6. The number of amides is 1. The fourth-order valence-electron chi connectivity index (χ4n) is 2.03. The van der Waals surface area contributed by atoms with E-state index < -0.39 is 23.7 Å². The van der Waals surface area contributed by atoms with Crippen LogP contribution in [0.4, 0.5) is 4.39 Å². The van der Waals surface area contributed by atoms with Crippen LogP contribution in [0.5, 0.6) is 0 Å². The van der Waals surface area contributed by atoms with Gasteiger partial charge in [-0.3, -0.25) is 4.79 Å². The van der Waals surface area contributed by atoms with E-state index in [1.807, 2.05) is 0 Å². The molecule has 0 aliphatic rings. The molecule has 0 saturated carbocycles. The first-order valence-electron chi connectivity index (χ1n) is 6.88. The summed E-state index contributed by atoms with van der Waals surface area (Å²) in [5.74, 6) is -1.47. The van der Waals surface area contributed by atoms with Crippen LogP contribution in [0.25, 0.3) is 0 Å². The molecule has 2 aromatic carbocycles. The second-order valence-electron chi connectivity index (χ2n) is 4.89. The summed E-state index contributed by atoms with van der Waals surface area (Å²) in [5.41, 5.74) is 1.08. The second-order valence-corrected chi connectivity index (χ2v) is 5.32. The molecule has 0 fully saturated rings. The molecule has 1 amide bonds. The molecule has 0 aliphatic carbocycles. The maximum absolute atomic E-state index is 12.9. The lowest BCUT2D eigenvalue weighted by Gasteiger charge is -2.16. The molecule has 0 bridgehead atoms. The lowest BCUT2D eigenvalue weighted by Crippen LogP contribution is -2.43. The number of methoxy groups -OCH3 is 1. The zero-order valence-corrected chi connectivity index (χ0v) is 13.1. The Morgan fingerprint density at radius 2 is 1.74 bits per heavy atom. The highest BCUT2D eigenvalue weighted by Crippen LogP contribution is 2.12. The smallest absolute Gasteiger partial charge is 0.328 e. The third-order valence-electron chi connectivity index (χ3n) is 3.25. The largest absolute Gasteiger partial charge is 0.467 e. The van der Waals surface area contributed by atoms with Crippen molar-refractivity contribution in [2.24, 2.45) is 0 Å². The average Bonchev–Trinajstić information content (AvgIpc) is 2.56. The summed E-state index contributed by atoms with van der Waals surface area (Å²) in [5, 5.41) is 3.18. The van der Waals surface area contributed by atoms with Crippen LogP contribution in [0.15, 0.2) is 48.5 Å². The Kier molecular flexibility index (Phi) is 5.71. The highest BCUT2D eigenvalue weighted by molar-refractivity contribution is 6.30. The van der Waals surface area contributed by atoms with Crippen molar-refractivity contribution in [1.82, 2.24) is 5.32 Å². The van der Waals surface area contributed by atoms with Crippen LogP contribution in [0.2, 0.25) is 5.02 Å². The van der Waals surface area contributed by atoms with Crippen LogP contribution >= 0.6 is 11.6 Å². The Hall–Kier alpha value is -2.40. The van der Waals surface area contributed by atoms with Crippen LogP contribution in [0, 0.1) is 5.82 Å². The van der Waals surface area contributed by atoms with Gasteiger partial charge in [0.1, 0.15) is 11.9 Å². The van der Waals surface area contributed by atoms with Crippen molar-refractivity contribution < 1.29 is 18.7 Å². The maximum atomic E-state index is 12.9. The number of hydrogen-bond acceptors (Lipinski definition) is 3. The van der Waals surface area contributed by atoms with Crippen LogP contribution < -0.4 is 5.32 Å². The van der Waals surface area contributed by atoms with Gasteiger partial charge in [-0.05, 0) is 42.0 Å². The molecular weight excluding hydrogens is 321 g/mol. The number of ether oxygens (including phenoxy) is 1. The standard InChI is InChI=1S/C17H15ClFNO3/c1-23-17(22)15(10-11-2-6-13(18)7-3-11)20-16(21)12-4-8-14(19)9-5-12/h2-9,15H,10H2,1H3,(H,20,21)/t15-/m1/s1. The Bertz CT molecular complexity index is 686. The number of carbonyl (C=O) groups excluding carboxylic acids is 2. The van der Waals surface area contributed by atoms with Gasteiger partial charge in [0, 0.05) is 17.0 Å². The predicted molar refractivity (Wildman–Crippen MR) is 84.8 cm³/mol. The molecule has 120 valence electrons. The van der Waals surface area contributed by atoms with Gasteiger partial charge in [0.05, 0.1) is 7.11 Å². The van der Waals surface area contributed by atoms with E-state index in [1.165, 1.54) is 31.4 Å². The minimum absolute atomic E-state index is 0.261. The van der Waals surface area contributed by atoms with E-state index in [9.17, 15) is 14.0 Å². The molecule has 23 heavy (non-hydrogen) atoms. The third kappa shape index (κ3) is 4.79. The van der Waals surface area contributed by atoms with Gasteiger partial charge < -0.3 is 10.1 Å². The summed E-state index contributed by atoms with van der Waals surface area (Å²) in [7, 11) is 1.25. The van der Waals surface area contributed by atoms with Crippen LogP contribution in [0.1, 0.15) is 15.9 Å². The summed E-state index contributed by atoms with van der Waals surface area (Å²) in [6.45, 7) is 0. The van der Waals surface area contributed by atoms with E-state index in [1.54, 1.807) is 24.3 Å². The van der Waals surface area contributed by atoms with Crippen molar-refractivity contribution in [3.05, 3.63) is 70.5 Å². The van der Waals surface area contributed by atoms with E-state index >= 15 is 0 Å². The molecule has 0 unspecified atom stereocenters. The third-order valence-corrected chi connectivity index (χ3v) is 3.50. The minimum atomic E-state index is -0.848. The van der Waals surface area contributed by atoms with E-state index in [4.69, 9.17) is 16.3 Å². The van der Waals surface area contributed by atoms with E-state index in [0.717, 1.165) is 5.56 Å². The molecule has 2 rings (SSSR count). The lowest BCUT2D eigenvalue weighted by atomic mass is 10.1. The Morgan fingerprint density at radius 3 is 2.30 bits per heavy atom. The van der Waals surface area contributed by atoms with Gasteiger partial charge in [-0.15, -0.1) is 0 Å². The number of rotatable bonds is 5. The number of hydrogen-bond donors (Lipinski definition) is 1. The highest BCUT2D eigenvalue weighted by atomic mass is 35.5. The second kappa shape index (κ2) is 7.74. The fourth-order valence-corrected chi connectivity index (χ4v) is 2.16. The average molecular weight is 336 g/mol. The number of nitrogens with one attached hydrogen (secondary N) is 1. The van der Waals surface area contributed by atoms with Crippen molar-refractivity contribution in [3.8, 4) is 0 Å². The van der Waals surface area contributed by atoms with Gasteiger partial charge >= 0.3 is 5.97 Å². The van der Waals surface area contributed by atoms with E-state index in [2.05, 4.69) is 5.32 Å².